The van der Waals surface area contributed by atoms with Crippen LogP contribution >= 0.6 is 22.9 Å². The van der Waals surface area contributed by atoms with E-state index < -0.39 is 11.4 Å². The average Bonchev–Trinajstić information content (AvgIpc) is 2.96. The standard InChI is InChI=1S/C14H20ClNO2S/c1-3-4-14(13(17)18)5-6-16(9-14)10(2)11-7-12(15)19-8-11/h7-8,10H,3-6,9H2,1-2H3,(H,17,18). The molecule has 1 N–H and O–H groups in total. The van der Waals surface area contributed by atoms with E-state index in [1.807, 2.05) is 6.07 Å². The summed E-state index contributed by atoms with van der Waals surface area (Å²) in [4.78, 5) is 13.8. The zero-order chi connectivity index (χ0) is 14.0. The summed E-state index contributed by atoms with van der Waals surface area (Å²) in [5.74, 6) is -0.646. The zero-order valence-corrected chi connectivity index (χ0v) is 12.9. The molecule has 2 rings (SSSR count). The molecule has 19 heavy (non-hydrogen) atoms. The molecule has 106 valence electrons. The Morgan fingerprint density at radius 2 is 2.42 bits per heavy atom. The molecule has 2 atom stereocenters. The maximum atomic E-state index is 11.6. The van der Waals surface area contributed by atoms with Gasteiger partial charge in [0.2, 0.25) is 0 Å². The number of nitrogens with zero attached hydrogens (tertiary/aromatic N) is 1. The lowest BCUT2D eigenvalue weighted by molar-refractivity contribution is -0.148. The van der Waals surface area contributed by atoms with Crippen LogP contribution in [0, 0.1) is 5.41 Å². The summed E-state index contributed by atoms with van der Waals surface area (Å²) < 4.78 is 0.791. The maximum Gasteiger partial charge on any atom is 0.310 e. The molecule has 0 amide bonds. The Morgan fingerprint density at radius 3 is 2.95 bits per heavy atom. The number of halogens is 1. The van der Waals surface area contributed by atoms with Gasteiger partial charge in [0, 0.05) is 12.6 Å². The van der Waals surface area contributed by atoms with Crippen LogP contribution in [0.3, 0.4) is 0 Å². The number of carboxylic acids is 1. The van der Waals surface area contributed by atoms with Crippen LogP contribution in [-0.4, -0.2) is 29.1 Å². The van der Waals surface area contributed by atoms with E-state index in [9.17, 15) is 9.90 Å². The molecule has 1 aliphatic rings. The third kappa shape index (κ3) is 2.96. The van der Waals surface area contributed by atoms with Crippen LogP contribution in [0.2, 0.25) is 4.34 Å². The maximum absolute atomic E-state index is 11.6. The van der Waals surface area contributed by atoms with E-state index in [1.165, 1.54) is 16.9 Å². The first-order valence-corrected chi connectivity index (χ1v) is 7.95. The topological polar surface area (TPSA) is 40.5 Å². The summed E-state index contributed by atoms with van der Waals surface area (Å²) >= 11 is 7.50. The Kier molecular flexibility index (Phi) is 4.54. The normalized spacial score (nSPS) is 25.6. The molecule has 0 saturated carbocycles. The first-order valence-electron chi connectivity index (χ1n) is 6.70. The van der Waals surface area contributed by atoms with E-state index >= 15 is 0 Å². The van der Waals surface area contributed by atoms with E-state index in [0.717, 1.165) is 30.1 Å². The van der Waals surface area contributed by atoms with E-state index in [2.05, 4.69) is 24.1 Å². The van der Waals surface area contributed by atoms with E-state index in [0.29, 0.717) is 6.54 Å². The molecule has 2 heterocycles. The second kappa shape index (κ2) is 5.81. The van der Waals surface area contributed by atoms with Gasteiger partial charge in [-0.2, -0.15) is 0 Å². The molecule has 0 spiro atoms. The average molecular weight is 302 g/mol. The first-order chi connectivity index (χ1) is 8.98. The highest BCUT2D eigenvalue weighted by atomic mass is 35.5. The molecule has 3 nitrogen and oxygen atoms in total. The van der Waals surface area contributed by atoms with Crippen LogP contribution in [0.15, 0.2) is 11.4 Å². The number of thiophene rings is 1. The van der Waals surface area contributed by atoms with E-state index in [-0.39, 0.29) is 6.04 Å². The molecule has 1 fully saturated rings. The minimum Gasteiger partial charge on any atom is -0.481 e. The van der Waals surface area contributed by atoms with Gasteiger partial charge in [0.15, 0.2) is 0 Å². The Hall–Kier alpha value is -0.580. The second-order valence-electron chi connectivity index (χ2n) is 5.42. The van der Waals surface area contributed by atoms with Crippen molar-refractivity contribution in [3.63, 3.8) is 0 Å². The summed E-state index contributed by atoms with van der Waals surface area (Å²) in [6.07, 6.45) is 2.42. The SMILES string of the molecule is CCCC1(C(=O)O)CCN(C(C)c2csc(Cl)c2)C1. The fraction of sp³-hybridized carbons (Fsp3) is 0.643. The Bertz CT molecular complexity index is 462. The van der Waals surface area contributed by atoms with Gasteiger partial charge >= 0.3 is 5.97 Å². The highest BCUT2D eigenvalue weighted by Gasteiger charge is 2.45. The van der Waals surface area contributed by atoms with Crippen molar-refractivity contribution in [1.29, 1.82) is 0 Å². The molecule has 0 aliphatic carbocycles. The largest absolute Gasteiger partial charge is 0.481 e. The number of carboxylic acid groups (broad SMARTS) is 1. The van der Waals surface area contributed by atoms with Gasteiger partial charge in [-0.3, -0.25) is 9.69 Å². The van der Waals surface area contributed by atoms with Gasteiger partial charge in [-0.25, -0.2) is 0 Å². The van der Waals surface area contributed by atoms with Crippen LogP contribution in [0.25, 0.3) is 0 Å². The fourth-order valence-electron chi connectivity index (χ4n) is 2.95. The highest BCUT2D eigenvalue weighted by molar-refractivity contribution is 7.14. The van der Waals surface area contributed by atoms with Crippen LogP contribution in [0.1, 0.15) is 44.7 Å². The molecule has 0 radical (unpaired) electrons. The summed E-state index contributed by atoms with van der Waals surface area (Å²) in [6, 6.07) is 2.22. The number of hydrogen-bond donors (Lipinski definition) is 1. The van der Waals surface area contributed by atoms with Crippen molar-refractivity contribution in [3.05, 3.63) is 21.3 Å². The predicted molar refractivity (Wildman–Crippen MR) is 78.9 cm³/mol. The van der Waals surface area contributed by atoms with Gasteiger partial charge in [0.05, 0.1) is 9.75 Å². The van der Waals surface area contributed by atoms with Gasteiger partial charge < -0.3 is 5.11 Å². The monoisotopic (exact) mass is 301 g/mol. The predicted octanol–water partition coefficient (Wildman–Crippen LogP) is 4.04. The molecular formula is C14H20ClNO2S. The van der Waals surface area contributed by atoms with Crippen molar-refractivity contribution in [2.24, 2.45) is 5.41 Å². The molecule has 1 saturated heterocycles. The van der Waals surface area contributed by atoms with E-state index in [4.69, 9.17) is 11.6 Å². The highest BCUT2D eigenvalue weighted by Crippen LogP contribution is 2.40. The number of carbonyl (C=O) groups is 1. The molecule has 2 unspecified atom stereocenters. The number of hydrogen-bond acceptors (Lipinski definition) is 3. The van der Waals surface area contributed by atoms with Crippen LogP contribution in [0.5, 0.6) is 0 Å². The van der Waals surface area contributed by atoms with Crippen LogP contribution in [-0.2, 0) is 4.79 Å². The molecule has 1 aliphatic heterocycles. The Morgan fingerprint density at radius 1 is 1.68 bits per heavy atom. The van der Waals surface area contributed by atoms with Crippen molar-refractivity contribution >= 4 is 28.9 Å². The third-order valence-corrected chi connectivity index (χ3v) is 5.29. The fourth-order valence-corrected chi connectivity index (χ4v) is 3.93. The molecule has 5 heteroatoms. The minimum absolute atomic E-state index is 0.238. The van der Waals surface area contributed by atoms with Crippen molar-refractivity contribution in [3.8, 4) is 0 Å². The van der Waals surface area contributed by atoms with Crippen LogP contribution in [0.4, 0.5) is 0 Å². The molecule has 1 aromatic heterocycles. The quantitative estimate of drug-likeness (QED) is 0.892. The summed E-state index contributed by atoms with van der Waals surface area (Å²) in [5, 5.41) is 11.6. The molecule has 0 aromatic carbocycles. The Balaban J connectivity index is 2.10. The lowest BCUT2D eigenvalue weighted by Crippen LogP contribution is -2.35. The number of likely N-dealkylation sites (tertiary alicyclic amines) is 1. The van der Waals surface area contributed by atoms with E-state index in [1.54, 1.807) is 0 Å². The van der Waals surface area contributed by atoms with Gasteiger partial charge in [-0.05, 0) is 43.3 Å². The smallest absolute Gasteiger partial charge is 0.310 e. The van der Waals surface area contributed by atoms with Crippen molar-refractivity contribution < 1.29 is 9.90 Å². The molecule has 1 aromatic rings. The number of rotatable bonds is 5. The second-order valence-corrected chi connectivity index (χ2v) is 6.96. The molecular weight excluding hydrogens is 282 g/mol. The summed E-state index contributed by atoms with van der Waals surface area (Å²) in [6.45, 7) is 5.67. The zero-order valence-electron chi connectivity index (χ0n) is 11.4. The summed E-state index contributed by atoms with van der Waals surface area (Å²) in [7, 11) is 0. The Labute approximate surface area is 123 Å². The lowest BCUT2D eigenvalue weighted by atomic mass is 9.82. The van der Waals surface area contributed by atoms with Crippen molar-refractivity contribution in [1.82, 2.24) is 4.90 Å². The van der Waals surface area contributed by atoms with Crippen molar-refractivity contribution in [2.45, 2.75) is 39.2 Å². The van der Waals surface area contributed by atoms with Gasteiger partial charge in [-0.15, -0.1) is 11.3 Å². The minimum atomic E-state index is -0.646. The summed E-state index contributed by atoms with van der Waals surface area (Å²) in [5.41, 5.74) is 0.635. The lowest BCUT2D eigenvalue weighted by Gasteiger charge is -2.27. The molecule has 0 bridgehead atoms. The first kappa shape index (κ1) is 14.8. The van der Waals surface area contributed by atoms with Crippen LogP contribution < -0.4 is 0 Å². The number of aliphatic carboxylic acids is 1. The van der Waals surface area contributed by atoms with Gasteiger partial charge in [0.1, 0.15) is 0 Å². The van der Waals surface area contributed by atoms with Gasteiger partial charge in [-0.1, -0.05) is 24.9 Å². The third-order valence-electron chi connectivity index (χ3n) is 4.18. The van der Waals surface area contributed by atoms with Gasteiger partial charge in [0.25, 0.3) is 0 Å². The van der Waals surface area contributed by atoms with Crippen molar-refractivity contribution in [2.75, 3.05) is 13.1 Å².